The summed E-state index contributed by atoms with van der Waals surface area (Å²) < 4.78 is 1.26. The Morgan fingerprint density at radius 3 is 2.86 bits per heavy atom. The van der Waals surface area contributed by atoms with E-state index in [0.717, 1.165) is 5.56 Å². The van der Waals surface area contributed by atoms with Crippen LogP contribution >= 0.6 is 11.3 Å². The fourth-order valence-corrected chi connectivity index (χ4v) is 2.62. The maximum Gasteiger partial charge on any atom is 0.0501 e. The maximum absolute atomic E-state index is 5.51. The standard InChI is InChI=1S/C13H10S/c1-3-7-12-10(4-2)11-8-5-6-9-13(11)14-12/h2-3,5-9H,1H3/b7-3-. The summed E-state index contributed by atoms with van der Waals surface area (Å²) in [4.78, 5) is 1.18. The number of hydrogen-bond acceptors (Lipinski definition) is 1. The second-order valence-electron chi connectivity index (χ2n) is 2.98. The average molecular weight is 198 g/mol. The summed E-state index contributed by atoms with van der Waals surface area (Å²) in [5.41, 5.74) is 1.02. The van der Waals surface area contributed by atoms with Crippen LogP contribution in [0.5, 0.6) is 0 Å². The Bertz CT molecular complexity index is 524. The summed E-state index contributed by atoms with van der Waals surface area (Å²) in [7, 11) is 0. The molecule has 1 aromatic carbocycles. The highest BCUT2D eigenvalue weighted by Crippen LogP contribution is 2.31. The first-order valence-corrected chi connectivity index (χ1v) is 5.29. The van der Waals surface area contributed by atoms with Crippen molar-refractivity contribution in [2.45, 2.75) is 6.92 Å². The normalized spacial score (nSPS) is 10.9. The molecule has 0 radical (unpaired) electrons. The number of thiophene rings is 1. The van der Waals surface area contributed by atoms with Gasteiger partial charge >= 0.3 is 0 Å². The molecule has 0 atom stereocenters. The lowest BCUT2D eigenvalue weighted by Crippen LogP contribution is -1.72. The topological polar surface area (TPSA) is 0 Å². The molecule has 0 saturated heterocycles. The molecule has 0 bridgehead atoms. The zero-order valence-corrected chi connectivity index (χ0v) is 8.77. The molecule has 0 unspecified atom stereocenters. The minimum absolute atomic E-state index is 1.02. The molecule has 2 rings (SSSR count). The highest BCUT2D eigenvalue weighted by molar-refractivity contribution is 7.20. The van der Waals surface area contributed by atoms with Gasteiger partial charge in [-0.05, 0) is 19.1 Å². The summed E-state index contributed by atoms with van der Waals surface area (Å²) >= 11 is 1.74. The van der Waals surface area contributed by atoms with Crippen LogP contribution in [0.2, 0.25) is 0 Å². The second kappa shape index (κ2) is 3.69. The summed E-state index contributed by atoms with van der Waals surface area (Å²) in [5.74, 6) is 2.76. The number of hydrogen-bond donors (Lipinski definition) is 0. The third-order valence-electron chi connectivity index (χ3n) is 2.09. The molecule has 0 aliphatic rings. The lowest BCUT2D eigenvalue weighted by atomic mass is 10.1. The Morgan fingerprint density at radius 1 is 1.36 bits per heavy atom. The molecule has 68 valence electrons. The van der Waals surface area contributed by atoms with E-state index >= 15 is 0 Å². The Kier molecular flexibility index (Phi) is 2.39. The van der Waals surface area contributed by atoms with E-state index in [-0.39, 0.29) is 0 Å². The van der Waals surface area contributed by atoms with E-state index in [1.807, 2.05) is 25.1 Å². The molecule has 1 aromatic heterocycles. The number of allylic oxidation sites excluding steroid dienone is 1. The largest absolute Gasteiger partial charge is 0.134 e. The van der Waals surface area contributed by atoms with Crippen molar-refractivity contribution in [2.24, 2.45) is 0 Å². The van der Waals surface area contributed by atoms with Gasteiger partial charge in [-0.15, -0.1) is 17.8 Å². The van der Waals surface area contributed by atoms with Gasteiger partial charge in [-0.1, -0.05) is 30.2 Å². The van der Waals surface area contributed by atoms with E-state index in [1.54, 1.807) is 11.3 Å². The molecule has 14 heavy (non-hydrogen) atoms. The smallest absolute Gasteiger partial charge is 0.0501 e. The third kappa shape index (κ3) is 1.34. The monoisotopic (exact) mass is 198 g/mol. The van der Waals surface area contributed by atoms with Crippen molar-refractivity contribution in [3.05, 3.63) is 40.8 Å². The van der Waals surface area contributed by atoms with Crippen molar-refractivity contribution >= 4 is 27.5 Å². The van der Waals surface area contributed by atoms with E-state index in [4.69, 9.17) is 6.42 Å². The molecule has 0 fully saturated rings. The molecule has 0 nitrogen and oxygen atoms in total. The average Bonchev–Trinajstić information content (AvgIpc) is 2.55. The van der Waals surface area contributed by atoms with Crippen molar-refractivity contribution in [2.75, 3.05) is 0 Å². The van der Waals surface area contributed by atoms with Crippen LogP contribution in [0.4, 0.5) is 0 Å². The summed E-state index contributed by atoms with van der Waals surface area (Å²) in [6.07, 6.45) is 9.60. The first kappa shape index (κ1) is 9.05. The van der Waals surface area contributed by atoms with Gasteiger partial charge in [0.05, 0.1) is 5.56 Å². The van der Waals surface area contributed by atoms with Gasteiger partial charge in [-0.3, -0.25) is 0 Å². The van der Waals surface area contributed by atoms with Crippen molar-refractivity contribution in [1.29, 1.82) is 0 Å². The van der Waals surface area contributed by atoms with E-state index in [0.29, 0.717) is 0 Å². The SMILES string of the molecule is C#Cc1c(/C=C\C)sc2ccccc12. The molecular formula is C13H10S. The number of terminal acetylenes is 1. The van der Waals surface area contributed by atoms with Gasteiger partial charge in [-0.25, -0.2) is 0 Å². The molecule has 1 heterocycles. The molecule has 0 aliphatic carbocycles. The molecule has 0 saturated carbocycles. The minimum Gasteiger partial charge on any atom is -0.134 e. The van der Waals surface area contributed by atoms with Gasteiger partial charge in [0.1, 0.15) is 0 Å². The molecular weight excluding hydrogens is 188 g/mol. The number of fused-ring (bicyclic) bond motifs is 1. The predicted molar refractivity (Wildman–Crippen MR) is 64.5 cm³/mol. The number of rotatable bonds is 1. The summed E-state index contributed by atoms with van der Waals surface area (Å²) in [6, 6.07) is 8.25. The Morgan fingerprint density at radius 2 is 2.14 bits per heavy atom. The van der Waals surface area contributed by atoms with Gasteiger partial charge in [0, 0.05) is 15.0 Å². The van der Waals surface area contributed by atoms with E-state index in [1.165, 1.54) is 15.0 Å². The maximum atomic E-state index is 5.51. The lowest BCUT2D eigenvalue weighted by Gasteiger charge is -1.89. The van der Waals surface area contributed by atoms with Crippen LogP contribution in [0, 0.1) is 12.3 Å². The molecule has 0 amide bonds. The van der Waals surface area contributed by atoms with Crippen molar-refractivity contribution in [1.82, 2.24) is 0 Å². The van der Waals surface area contributed by atoms with Crippen LogP contribution < -0.4 is 0 Å². The Balaban J connectivity index is 2.80. The van der Waals surface area contributed by atoms with Gasteiger partial charge in [0.2, 0.25) is 0 Å². The van der Waals surface area contributed by atoms with Crippen LogP contribution in [0.3, 0.4) is 0 Å². The van der Waals surface area contributed by atoms with Gasteiger partial charge in [0.15, 0.2) is 0 Å². The predicted octanol–water partition coefficient (Wildman–Crippen LogP) is 3.92. The quantitative estimate of drug-likeness (QED) is 0.609. The molecule has 0 aliphatic heterocycles. The van der Waals surface area contributed by atoms with Crippen molar-refractivity contribution < 1.29 is 0 Å². The third-order valence-corrected chi connectivity index (χ3v) is 3.22. The van der Waals surface area contributed by atoms with Crippen LogP contribution in [0.15, 0.2) is 30.3 Å². The zero-order valence-electron chi connectivity index (χ0n) is 7.95. The minimum atomic E-state index is 1.02. The summed E-state index contributed by atoms with van der Waals surface area (Å²) in [5, 5.41) is 1.19. The summed E-state index contributed by atoms with van der Waals surface area (Å²) in [6.45, 7) is 2.00. The van der Waals surface area contributed by atoms with Crippen LogP contribution in [0.1, 0.15) is 17.4 Å². The van der Waals surface area contributed by atoms with Crippen molar-refractivity contribution in [3.63, 3.8) is 0 Å². The fraction of sp³-hybridized carbons (Fsp3) is 0.0769. The molecule has 0 spiro atoms. The fourth-order valence-electron chi connectivity index (χ4n) is 1.48. The van der Waals surface area contributed by atoms with Gasteiger partial charge in [0.25, 0.3) is 0 Å². The first-order chi connectivity index (χ1) is 6.86. The van der Waals surface area contributed by atoms with Gasteiger partial charge in [-0.2, -0.15) is 0 Å². The Hall–Kier alpha value is -1.52. The second-order valence-corrected chi connectivity index (χ2v) is 4.07. The number of benzene rings is 1. The molecule has 1 heteroatoms. The van der Waals surface area contributed by atoms with Crippen molar-refractivity contribution in [3.8, 4) is 12.3 Å². The van der Waals surface area contributed by atoms with E-state index in [2.05, 4.69) is 24.1 Å². The molecule has 0 N–H and O–H groups in total. The van der Waals surface area contributed by atoms with E-state index in [9.17, 15) is 0 Å². The van der Waals surface area contributed by atoms with Gasteiger partial charge < -0.3 is 0 Å². The zero-order chi connectivity index (χ0) is 9.97. The first-order valence-electron chi connectivity index (χ1n) is 4.47. The highest BCUT2D eigenvalue weighted by atomic mass is 32.1. The van der Waals surface area contributed by atoms with Crippen LogP contribution in [0.25, 0.3) is 16.2 Å². The van der Waals surface area contributed by atoms with Crippen LogP contribution in [-0.4, -0.2) is 0 Å². The van der Waals surface area contributed by atoms with Crippen LogP contribution in [-0.2, 0) is 0 Å². The highest BCUT2D eigenvalue weighted by Gasteiger charge is 2.06. The van der Waals surface area contributed by atoms with E-state index < -0.39 is 0 Å². The molecule has 2 aromatic rings. The lowest BCUT2D eigenvalue weighted by molar-refractivity contribution is 1.76. The Labute approximate surface area is 87.9 Å².